The van der Waals surface area contributed by atoms with Crippen LogP contribution < -0.4 is 20.1 Å². The lowest BCUT2D eigenvalue weighted by Gasteiger charge is -2.17. The molecule has 2 aromatic carbocycles. The number of anilines is 1. The Morgan fingerprint density at radius 1 is 1.24 bits per heavy atom. The van der Waals surface area contributed by atoms with Gasteiger partial charge in [0.2, 0.25) is 5.91 Å². The quantitative estimate of drug-likeness (QED) is 0.440. The fraction of sp³-hybridized carbons (Fsp3) is 0.292. The number of nitrogens with one attached hydrogen (secondary N) is 2. The monoisotopic (exact) mass is 471 g/mol. The number of hydrogen-bond acceptors (Lipinski definition) is 5. The number of hydrogen-bond donors (Lipinski definition) is 2. The summed E-state index contributed by atoms with van der Waals surface area (Å²) < 4.78 is 11.2. The number of nitrogens with zero attached hydrogens (tertiary/aromatic N) is 1. The van der Waals surface area contributed by atoms with Crippen LogP contribution in [0.3, 0.4) is 0 Å². The van der Waals surface area contributed by atoms with Gasteiger partial charge in [-0.3, -0.25) is 9.59 Å². The summed E-state index contributed by atoms with van der Waals surface area (Å²) >= 11 is 6.38. The highest BCUT2D eigenvalue weighted by molar-refractivity contribution is 6.32. The molecule has 1 saturated heterocycles. The average Bonchev–Trinajstić information content (AvgIpc) is 3.04. The average molecular weight is 472 g/mol. The van der Waals surface area contributed by atoms with Gasteiger partial charge in [-0.25, -0.2) is 9.69 Å². The van der Waals surface area contributed by atoms with E-state index in [1.54, 1.807) is 24.3 Å². The molecule has 1 aliphatic rings. The van der Waals surface area contributed by atoms with Gasteiger partial charge in [0.1, 0.15) is 12.2 Å². The van der Waals surface area contributed by atoms with Crippen molar-refractivity contribution in [2.45, 2.75) is 33.3 Å². The van der Waals surface area contributed by atoms with Crippen LogP contribution in [0.2, 0.25) is 5.02 Å². The zero-order valence-electron chi connectivity index (χ0n) is 18.9. The second-order valence-corrected chi connectivity index (χ2v) is 8.07. The van der Waals surface area contributed by atoms with Gasteiger partial charge in [-0.15, -0.1) is 0 Å². The Balaban J connectivity index is 1.75. The molecule has 9 heteroatoms. The molecule has 0 radical (unpaired) electrons. The SMILES string of the molecule is CC[C@H](C)Oc1c(Cl)cc(/C=C2/NC(=O)N(CC(=O)Nc3ccc(C)cc3)C2=O)cc1OC. The molecule has 0 aliphatic carbocycles. The predicted molar refractivity (Wildman–Crippen MR) is 126 cm³/mol. The number of urea groups is 1. The lowest BCUT2D eigenvalue weighted by atomic mass is 10.1. The van der Waals surface area contributed by atoms with Crippen molar-refractivity contribution in [3.8, 4) is 11.5 Å². The summed E-state index contributed by atoms with van der Waals surface area (Å²) in [4.78, 5) is 38.2. The van der Waals surface area contributed by atoms with Crippen molar-refractivity contribution < 1.29 is 23.9 Å². The third kappa shape index (κ3) is 5.84. The van der Waals surface area contributed by atoms with Crippen molar-refractivity contribution in [3.63, 3.8) is 0 Å². The molecule has 0 bridgehead atoms. The van der Waals surface area contributed by atoms with E-state index in [-0.39, 0.29) is 11.8 Å². The zero-order valence-corrected chi connectivity index (χ0v) is 19.7. The molecule has 0 saturated carbocycles. The topological polar surface area (TPSA) is 97.0 Å². The third-order valence-corrected chi connectivity index (χ3v) is 5.34. The first kappa shape index (κ1) is 24.1. The molecule has 1 atom stereocenters. The van der Waals surface area contributed by atoms with E-state index >= 15 is 0 Å². The summed E-state index contributed by atoms with van der Waals surface area (Å²) in [6.07, 6.45) is 2.20. The van der Waals surface area contributed by atoms with Crippen LogP contribution in [0.5, 0.6) is 11.5 Å². The highest BCUT2D eigenvalue weighted by Crippen LogP contribution is 2.38. The molecular formula is C24H26ClN3O5. The minimum Gasteiger partial charge on any atom is -0.493 e. The zero-order chi connectivity index (χ0) is 24.1. The molecule has 2 aromatic rings. The van der Waals surface area contributed by atoms with Crippen molar-refractivity contribution >= 4 is 41.2 Å². The number of carbonyl (C=O) groups is 3. The van der Waals surface area contributed by atoms with Gasteiger partial charge >= 0.3 is 6.03 Å². The molecule has 0 spiro atoms. The number of ether oxygens (including phenoxy) is 2. The van der Waals surface area contributed by atoms with Crippen LogP contribution in [0.15, 0.2) is 42.1 Å². The van der Waals surface area contributed by atoms with Crippen molar-refractivity contribution in [1.29, 1.82) is 0 Å². The fourth-order valence-corrected chi connectivity index (χ4v) is 3.35. The van der Waals surface area contributed by atoms with E-state index in [0.29, 0.717) is 27.8 Å². The third-order valence-electron chi connectivity index (χ3n) is 5.06. The smallest absolute Gasteiger partial charge is 0.329 e. The number of amides is 4. The molecule has 174 valence electrons. The lowest BCUT2D eigenvalue weighted by Crippen LogP contribution is -2.38. The molecule has 1 aliphatic heterocycles. The lowest BCUT2D eigenvalue weighted by molar-refractivity contribution is -0.127. The minimum absolute atomic E-state index is 0.0249. The highest BCUT2D eigenvalue weighted by atomic mass is 35.5. The van der Waals surface area contributed by atoms with Crippen molar-refractivity contribution in [2.24, 2.45) is 0 Å². The summed E-state index contributed by atoms with van der Waals surface area (Å²) in [5.74, 6) is -0.290. The van der Waals surface area contributed by atoms with E-state index in [1.807, 2.05) is 32.9 Å². The number of benzene rings is 2. The maximum absolute atomic E-state index is 12.7. The van der Waals surface area contributed by atoms with E-state index in [1.165, 1.54) is 13.2 Å². The van der Waals surface area contributed by atoms with Crippen LogP contribution in [0.25, 0.3) is 6.08 Å². The Bertz CT molecular complexity index is 1100. The van der Waals surface area contributed by atoms with Gasteiger partial charge < -0.3 is 20.1 Å². The van der Waals surface area contributed by atoms with Crippen LogP contribution >= 0.6 is 11.6 Å². The molecule has 0 aromatic heterocycles. The number of methoxy groups -OCH3 is 1. The fourth-order valence-electron chi connectivity index (χ4n) is 3.08. The van der Waals surface area contributed by atoms with Crippen LogP contribution in [0.1, 0.15) is 31.4 Å². The van der Waals surface area contributed by atoms with Gasteiger partial charge in [0.15, 0.2) is 11.5 Å². The van der Waals surface area contributed by atoms with E-state index in [2.05, 4.69) is 10.6 Å². The number of imide groups is 1. The first-order chi connectivity index (χ1) is 15.7. The summed E-state index contributed by atoms with van der Waals surface area (Å²) in [5, 5.41) is 5.48. The number of rotatable bonds is 8. The van der Waals surface area contributed by atoms with Crippen molar-refractivity contribution in [1.82, 2.24) is 10.2 Å². The van der Waals surface area contributed by atoms with Gasteiger partial charge in [0.25, 0.3) is 5.91 Å². The predicted octanol–water partition coefficient (Wildman–Crippen LogP) is 4.37. The van der Waals surface area contributed by atoms with Crippen LogP contribution in [0.4, 0.5) is 10.5 Å². The normalized spacial score (nSPS) is 15.4. The maximum atomic E-state index is 12.7. The molecular weight excluding hydrogens is 446 g/mol. The first-order valence-corrected chi connectivity index (χ1v) is 10.8. The number of aryl methyl sites for hydroxylation is 1. The van der Waals surface area contributed by atoms with E-state index in [0.717, 1.165) is 16.9 Å². The van der Waals surface area contributed by atoms with Crippen molar-refractivity contribution in [3.05, 3.63) is 58.2 Å². The van der Waals surface area contributed by atoms with E-state index < -0.39 is 24.4 Å². The molecule has 33 heavy (non-hydrogen) atoms. The second kappa shape index (κ2) is 10.4. The Kier molecular flexibility index (Phi) is 7.60. The molecule has 1 heterocycles. The Morgan fingerprint density at radius 2 is 1.94 bits per heavy atom. The van der Waals surface area contributed by atoms with Crippen LogP contribution in [-0.2, 0) is 9.59 Å². The van der Waals surface area contributed by atoms with E-state index in [4.69, 9.17) is 21.1 Å². The first-order valence-electron chi connectivity index (χ1n) is 10.5. The molecule has 0 unspecified atom stereocenters. The molecule has 1 fully saturated rings. The Labute approximate surface area is 197 Å². The largest absolute Gasteiger partial charge is 0.493 e. The van der Waals surface area contributed by atoms with Gasteiger partial charge in [0, 0.05) is 5.69 Å². The van der Waals surface area contributed by atoms with Gasteiger partial charge in [0.05, 0.1) is 18.2 Å². The molecule has 4 amide bonds. The molecule has 8 nitrogen and oxygen atoms in total. The summed E-state index contributed by atoms with van der Waals surface area (Å²) in [6, 6.07) is 9.78. The van der Waals surface area contributed by atoms with Gasteiger partial charge in [-0.2, -0.15) is 0 Å². The van der Waals surface area contributed by atoms with Crippen LogP contribution in [0, 0.1) is 6.92 Å². The number of halogens is 1. The molecule has 3 rings (SSSR count). The summed E-state index contributed by atoms with van der Waals surface area (Å²) in [5.41, 5.74) is 2.18. The van der Waals surface area contributed by atoms with Crippen LogP contribution in [-0.4, -0.2) is 42.5 Å². The van der Waals surface area contributed by atoms with Gasteiger partial charge in [-0.1, -0.05) is 36.2 Å². The number of carbonyl (C=O) groups excluding carboxylic acids is 3. The van der Waals surface area contributed by atoms with Gasteiger partial charge in [-0.05, 0) is 56.2 Å². The van der Waals surface area contributed by atoms with Crippen molar-refractivity contribution in [2.75, 3.05) is 19.0 Å². The maximum Gasteiger partial charge on any atom is 0.329 e. The van der Waals surface area contributed by atoms with E-state index in [9.17, 15) is 14.4 Å². The second-order valence-electron chi connectivity index (χ2n) is 7.66. The molecule has 2 N–H and O–H groups in total. The Hall–Kier alpha value is -3.52. The summed E-state index contributed by atoms with van der Waals surface area (Å²) in [7, 11) is 1.49. The summed E-state index contributed by atoms with van der Waals surface area (Å²) in [6.45, 7) is 5.43. The highest BCUT2D eigenvalue weighted by Gasteiger charge is 2.35. The Morgan fingerprint density at radius 3 is 2.58 bits per heavy atom. The standard InChI is InChI=1S/C24H26ClN3O5/c1-5-15(3)33-22-18(25)10-16(12-20(22)32-4)11-19-23(30)28(24(31)27-19)13-21(29)26-17-8-6-14(2)7-9-17/h6-12,15H,5,13H2,1-4H3,(H,26,29)(H,27,31)/b19-11+/t15-/m0/s1. The minimum atomic E-state index is -0.680.